The van der Waals surface area contributed by atoms with E-state index in [2.05, 4.69) is 20.9 Å². The van der Waals surface area contributed by atoms with E-state index in [1.54, 1.807) is 6.07 Å². The minimum absolute atomic E-state index is 0.445. The van der Waals surface area contributed by atoms with E-state index in [4.69, 9.17) is 16.9 Å². The van der Waals surface area contributed by atoms with Crippen molar-refractivity contribution in [2.45, 2.75) is 0 Å². The van der Waals surface area contributed by atoms with Gasteiger partial charge < -0.3 is 0 Å². The summed E-state index contributed by atoms with van der Waals surface area (Å²) in [6.45, 7) is 0. The van der Waals surface area contributed by atoms with Crippen molar-refractivity contribution in [3.05, 3.63) is 26.6 Å². The van der Waals surface area contributed by atoms with Crippen LogP contribution in [0.4, 0.5) is 0 Å². The molecule has 0 spiro atoms. The number of hydrogen-bond donors (Lipinski definition) is 0. The standard InChI is InChI=1S/C8H2BrClN2S/c9-8-12-7-4(3-11)5(10)1-2-6(7)13-8/h1-2H. The van der Waals surface area contributed by atoms with E-state index in [0.717, 1.165) is 8.62 Å². The Bertz CT molecular complexity index is 515. The predicted molar refractivity (Wildman–Crippen MR) is 57.0 cm³/mol. The van der Waals surface area contributed by atoms with Gasteiger partial charge in [-0.05, 0) is 28.1 Å². The molecule has 0 aliphatic rings. The summed E-state index contributed by atoms with van der Waals surface area (Å²) in [5.41, 5.74) is 1.12. The van der Waals surface area contributed by atoms with Crippen LogP contribution in [-0.4, -0.2) is 4.98 Å². The summed E-state index contributed by atoms with van der Waals surface area (Å²) in [5.74, 6) is 0. The highest BCUT2D eigenvalue weighted by atomic mass is 79.9. The van der Waals surface area contributed by atoms with Gasteiger partial charge in [0.25, 0.3) is 0 Å². The molecule has 5 heteroatoms. The zero-order valence-electron chi connectivity index (χ0n) is 6.21. The fourth-order valence-electron chi connectivity index (χ4n) is 1.05. The lowest BCUT2D eigenvalue weighted by atomic mass is 10.2. The molecule has 0 saturated carbocycles. The Morgan fingerprint density at radius 3 is 3.00 bits per heavy atom. The molecule has 2 nitrogen and oxygen atoms in total. The molecular formula is C8H2BrClN2S. The van der Waals surface area contributed by atoms with Gasteiger partial charge in [-0.15, -0.1) is 11.3 Å². The number of hydrogen-bond acceptors (Lipinski definition) is 3. The quantitative estimate of drug-likeness (QED) is 0.735. The van der Waals surface area contributed by atoms with Gasteiger partial charge in [-0.25, -0.2) is 4.98 Å². The Morgan fingerprint density at radius 2 is 2.31 bits per heavy atom. The van der Waals surface area contributed by atoms with E-state index >= 15 is 0 Å². The van der Waals surface area contributed by atoms with Crippen molar-refractivity contribution >= 4 is 49.1 Å². The first-order valence-corrected chi connectivity index (χ1v) is 5.36. The summed E-state index contributed by atoms with van der Waals surface area (Å²) in [7, 11) is 0. The molecule has 0 saturated heterocycles. The van der Waals surface area contributed by atoms with Crippen molar-refractivity contribution in [3.8, 4) is 6.07 Å². The third kappa shape index (κ3) is 1.44. The molecule has 1 heterocycles. The second-order valence-corrected chi connectivity index (χ2v) is 5.06. The van der Waals surface area contributed by atoms with Crippen LogP contribution in [0.15, 0.2) is 16.0 Å². The van der Waals surface area contributed by atoms with Gasteiger partial charge in [-0.1, -0.05) is 11.6 Å². The van der Waals surface area contributed by atoms with E-state index in [1.165, 1.54) is 11.3 Å². The lowest BCUT2D eigenvalue weighted by molar-refractivity contribution is 1.42. The van der Waals surface area contributed by atoms with Gasteiger partial charge in [0.05, 0.1) is 15.3 Å². The van der Waals surface area contributed by atoms with Crippen molar-refractivity contribution in [2.24, 2.45) is 0 Å². The third-order valence-electron chi connectivity index (χ3n) is 1.60. The minimum atomic E-state index is 0.445. The first kappa shape index (κ1) is 8.95. The van der Waals surface area contributed by atoms with Crippen LogP contribution in [0.2, 0.25) is 5.02 Å². The largest absolute Gasteiger partial charge is 0.228 e. The van der Waals surface area contributed by atoms with E-state index in [-0.39, 0.29) is 0 Å². The molecule has 1 aromatic carbocycles. The molecule has 0 unspecified atom stereocenters. The Morgan fingerprint density at radius 1 is 1.54 bits per heavy atom. The third-order valence-corrected chi connectivity index (χ3v) is 3.38. The molecule has 0 fully saturated rings. The van der Waals surface area contributed by atoms with E-state index in [9.17, 15) is 0 Å². The summed E-state index contributed by atoms with van der Waals surface area (Å²) in [4.78, 5) is 4.17. The molecule has 0 N–H and O–H groups in total. The van der Waals surface area contributed by atoms with Gasteiger partial charge in [0.15, 0.2) is 3.92 Å². The van der Waals surface area contributed by atoms with Crippen LogP contribution < -0.4 is 0 Å². The van der Waals surface area contributed by atoms with Gasteiger partial charge >= 0.3 is 0 Å². The Hall–Kier alpha value is -0.630. The topological polar surface area (TPSA) is 36.7 Å². The fraction of sp³-hybridized carbons (Fsp3) is 0. The summed E-state index contributed by atoms with van der Waals surface area (Å²) in [5, 5.41) is 9.29. The van der Waals surface area contributed by atoms with Crippen LogP contribution in [0.3, 0.4) is 0 Å². The summed E-state index contributed by atoms with van der Waals surface area (Å²) >= 11 is 10.6. The van der Waals surface area contributed by atoms with Gasteiger partial charge in [0.2, 0.25) is 0 Å². The van der Waals surface area contributed by atoms with Crippen LogP contribution >= 0.6 is 38.9 Å². The molecule has 64 valence electrons. The number of benzene rings is 1. The van der Waals surface area contributed by atoms with E-state index < -0.39 is 0 Å². The second kappa shape index (κ2) is 3.26. The highest BCUT2D eigenvalue weighted by Crippen LogP contribution is 2.31. The minimum Gasteiger partial charge on any atom is -0.228 e. The molecule has 2 aromatic rings. The predicted octanol–water partition coefficient (Wildman–Crippen LogP) is 3.58. The van der Waals surface area contributed by atoms with Crippen LogP contribution in [-0.2, 0) is 0 Å². The number of aromatic nitrogens is 1. The maximum Gasteiger partial charge on any atom is 0.160 e. The number of rotatable bonds is 0. The highest BCUT2D eigenvalue weighted by Gasteiger charge is 2.09. The van der Waals surface area contributed by atoms with Crippen LogP contribution in [0.5, 0.6) is 0 Å². The van der Waals surface area contributed by atoms with Crippen molar-refractivity contribution < 1.29 is 0 Å². The van der Waals surface area contributed by atoms with Gasteiger partial charge in [-0.3, -0.25) is 0 Å². The number of halogens is 2. The highest BCUT2D eigenvalue weighted by molar-refractivity contribution is 9.11. The summed E-state index contributed by atoms with van der Waals surface area (Å²) in [6.07, 6.45) is 0. The van der Waals surface area contributed by atoms with Crippen molar-refractivity contribution in [3.63, 3.8) is 0 Å². The number of thiazole rings is 1. The van der Waals surface area contributed by atoms with Crippen LogP contribution in [0, 0.1) is 11.3 Å². The average molecular weight is 274 g/mol. The molecule has 0 atom stereocenters. The smallest absolute Gasteiger partial charge is 0.160 e. The van der Waals surface area contributed by atoms with Crippen molar-refractivity contribution in [2.75, 3.05) is 0 Å². The summed E-state index contributed by atoms with van der Waals surface area (Å²) < 4.78 is 1.73. The maximum absolute atomic E-state index is 8.84. The molecule has 13 heavy (non-hydrogen) atoms. The molecule has 0 amide bonds. The number of nitriles is 1. The number of fused-ring (bicyclic) bond motifs is 1. The first-order valence-electron chi connectivity index (χ1n) is 3.37. The lowest BCUT2D eigenvalue weighted by Crippen LogP contribution is -1.79. The van der Waals surface area contributed by atoms with Crippen molar-refractivity contribution in [1.29, 1.82) is 5.26 Å². The number of nitrogens with zero attached hydrogens (tertiary/aromatic N) is 2. The first-order chi connectivity index (χ1) is 6.22. The van der Waals surface area contributed by atoms with Crippen molar-refractivity contribution in [1.82, 2.24) is 4.98 Å². The molecule has 0 bridgehead atoms. The fourth-order valence-corrected chi connectivity index (χ4v) is 2.64. The SMILES string of the molecule is N#Cc1c(Cl)ccc2sc(Br)nc12. The Balaban J connectivity index is 2.93. The molecule has 2 rings (SSSR count). The van der Waals surface area contributed by atoms with Crippen LogP contribution in [0.25, 0.3) is 10.2 Å². The zero-order chi connectivity index (χ0) is 9.42. The van der Waals surface area contributed by atoms with Gasteiger partial charge in [-0.2, -0.15) is 5.26 Å². The monoisotopic (exact) mass is 272 g/mol. The summed E-state index contributed by atoms with van der Waals surface area (Å²) in [6, 6.07) is 5.62. The molecule has 0 aliphatic carbocycles. The Kier molecular flexibility index (Phi) is 2.24. The Labute approximate surface area is 91.9 Å². The normalized spacial score (nSPS) is 10.2. The van der Waals surface area contributed by atoms with E-state index in [0.29, 0.717) is 16.1 Å². The molecule has 0 aliphatic heterocycles. The average Bonchev–Trinajstić information content (AvgIpc) is 2.45. The van der Waals surface area contributed by atoms with Gasteiger partial charge in [0, 0.05) is 0 Å². The molecule has 0 radical (unpaired) electrons. The second-order valence-electron chi connectivity index (χ2n) is 2.35. The van der Waals surface area contributed by atoms with Gasteiger partial charge in [0.1, 0.15) is 11.6 Å². The zero-order valence-corrected chi connectivity index (χ0v) is 9.37. The van der Waals surface area contributed by atoms with Crippen LogP contribution in [0.1, 0.15) is 5.56 Å². The maximum atomic E-state index is 8.84. The lowest BCUT2D eigenvalue weighted by Gasteiger charge is -1.93. The van der Waals surface area contributed by atoms with E-state index in [1.807, 2.05) is 12.1 Å². The molecule has 1 aromatic heterocycles. The molecular weight excluding hydrogens is 272 g/mol.